The van der Waals surface area contributed by atoms with Gasteiger partial charge in [-0.25, -0.2) is 0 Å². The molecule has 0 aliphatic carbocycles. The average Bonchev–Trinajstić information content (AvgIpc) is 2.69. The first-order valence-corrected chi connectivity index (χ1v) is 9.33. The van der Waals surface area contributed by atoms with Crippen LogP contribution in [0, 0.1) is 6.92 Å². The highest BCUT2D eigenvalue weighted by molar-refractivity contribution is 14.0. The average molecular weight is 481 g/mol. The minimum atomic E-state index is 0. The Morgan fingerprint density at radius 2 is 1.78 bits per heavy atom. The third-order valence-corrected chi connectivity index (χ3v) is 4.67. The molecule has 5 nitrogen and oxygen atoms in total. The van der Waals surface area contributed by atoms with Crippen LogP contribution in [0.4, 0.5) is 0 Å². The molecule has 2 rings (SSSR count). The predicted octanol–water partition coefficient (Wildman–Crippen LogP) is 3.76. The van der Waals surface area contributed by atoms with E-state index in [0.717, 1.165) is 31.3 Å². The highest BCUT2D eigenvalue weighted by Gasteiger charge is 2.18. The van der Waals surface area contributed by atoms with E-state index in [2.05, 4.69) is 82.7 Å². The lowest BCUT2D eigenvalue weighted by Crippen LogP contribution is -2.43. The monoisotopic (exact) mass is 481 g/mol. The van der Waals surface area contributed by atoms with Gasteiger partial charge in [-0.3, -0.25) is 14.9 Å². The molecule has 0 aliphatic rings. The summed E-state index contributed by atoms with van der Waals surface area (Å²) in [5.41, 5.74) is 3.54. The predicted molar refractivity (Wildman–Crippen MR) is 125 cm³/mol. The van der Waals surface area contributed by atoms with Gasteiger partial charge in [0.05, 0.1) is 18.3 Å². The number of nitrogens with one attached hydrogen (secondary N) is 2. The molecule has 27 heavy (non-hydrogen) atoms. The first kappa shape index (κ1) is 23.4. The van der Waals surface area contributed by atoms with Crippen LogP contribution in [0.1, 0.15) is 36.7 Å². The fourth-order valence-electron chi connectivity index (χ4n) is 3.08. The summed E-state index contributed by atoms with van der Waals surface area (Å²) in [6.07, 6.45) is 1.83. The lowest BCUT2D eigenvalue weighted by atomic mass is 10.1. The summed E-state index contributed by atoms with van der Waals surface area (Å²) in [5.74, 6) is 0.795. The molecule has 2 aromatic rings. The number of pyridine rings is 1. The van der Waals surface area contributed by atoms with Gasteiger partial charge in [-0.2, -0.15) is 0 Å². The van der Waals surface area contributed by atoms with Crippen molar-refractivity contribution in [1.82, 2.24) is 20.5 Å². The van der Waals surface area contributed by atoms with E-state index in [1.165, 1.54) is 11.1 Å². The SMILES string of the molecule is CCN(CC)C(CNC(=NC)NCc1ncccc1C)c1ccccc1.I. The van der Waals surface area contributed by atoms with Gasteiger partial charge in [0, 0.05) is 19.8 Å². The van der Waals surface area contributed by atoms with Crippen LogP contribution in [-0.2, 0) is 6.54 Å². The van der Waals surface area contributed by atoms with Crippen molar-refractivity contribution in [2.45, 2.75) is 33.4 Å². The second-order valence-electron chi connectivity index (χ2n) is 6.22. The Kier molecular flexibility index (Phi) is 11.0. The number of hydrogen-bond acceptors (Lipinski definition) is 3. The van der Waals surface area contributed by atoms with Crippen LogP contribution in [0.3, 0.4) is 0 Å². The van der Waals surface area contributed by atoms with Crippen molar-refractivity contribution in [3.8, 4) is 0 Å². The quantitative estimate of drug-likeness (QED) is 0.343. The maximum absolute atomic E-state index is 4.43. The molecule has 0 saturated carbocycles. The zero-order valence-electron chi connectivity index (χ0n) is 16.8. The first-order chi connectivity index (χ1) is 12.7. The van der Waals surface area contributed by atoms with Gasteiger partial charge in [-0.05, 0) is 37.2 Å². The largest absolute Gasteiger partial charge is 0.354 e. The van der Waals surface area contributed by atoms with Crippen molar-refractivity contribution in [3.05, 3.63) is 65.5 Å². The molecule has 148 valence electrons. The maximum Gasteiger partial charge on any atom is 0.191 e. The van der Waals surface area contributed by atoms with Crippen LogP contribution in [-0.4, -0.2) is 42.5 Å². The molecule has 1 atom stereocenters. The van der Waals surface area contributed by atoms with E-state index < -0.39 is 0 Å². The molecule has 2 N–H and O–H groups in total. The van der Waals surface area contributed by atoms with Gasteiger partial charge in [-0.1, -0.05) is 50.2 Å². The minimum Gasteiger partial charge on any atom is -0.354 e. The van der Waals surface area contributed by atoms with Crippen molar-refractivity contribution < 1.29 is 0 Å². The number of benzene rings is 1. The molecule has 1 heterocycles. The van der Waals surface area contributed by atoms with Crippen LogP contribution in [0.2, 0.25) is 0 Å². The molecule has 0 spiro atoms. The highest BCUT2D eigenvalue weighted by atomic mass is 127. The van der Waals surface area contributed by atoms with Crippen molar-refractivity contribution >= 4 is 29.9 Å². The number of halogens is 1. The fourth-order valence-corrected chi connectivity index (χ4v) is 3.08. The summed E-state index contributed by atoms with van der Waals surface area (Å²) in [6.45, 7) is 9.97. The van der Waals surface area contributed by atoms with Gasteiger partial charge < -0.3 is 10.6 Å². The van der Waals surface area contributed by atoms with E-state index >= 15 is 0 Å². The first-order valence-electron chi connectivity index (χ1n) is 9.33. The summed E-state index contributed by atoms with van der Waals surface area (Å²) in [5, 5.41) is 6.84. The molecule has 1 aromatic carbocycles. The van der Waals surface area contributed by atoms with Gasteiger partial charge >= 0.3 is 0 Å². The highest BCUT2D eigenvalue weighted by Crippen LogP contribution is 2.19. The number of likely N-dealkylation sites (N-methyl/N-ethyl adjacent to an activating group) is 1. The van der Waals surface area contributed by atoms with Crippen molar-refractivity contribution in [2.24, 2.45) is 4.99 Å². The molecule has 0 radical (unpaired) electrons. The lowest BCUT2D eigenvalue weighted by Gasteiger charge is -2.30. The molecule has 0 fully saturated rings. The molecule has 0 bridgehead atoms. The fraction of sp³-hybridized carbons (Fsp3) is 0.429. The Labute approximate surface area is 180 Å². The molecule has 0 saturated heterocycles. The smallest absolute Gasteiger partial charge is 0.191 e. The van der Waals surface area contributed by atoms with E-state index in [0.29, 0.717) is 12.6 Å². The van der Waals surface area contributed by atoms with E-state index in [1.807, 2.05) is 12.3 Å². The second-order valence-corrected chi connectivity index (χ2v) is 6.22. The van der Waals surface area contributed by atoms with E-state index in [1.54, 1.807) is 7.05 Å². The van der Waals surface area contributed by atoms with Crippen LogP contribution in [0.15, 0.2) is 53.7 Å². The number of hydrogen-bond donors (Lipinski definition) is 2. The van der Waals surface area contributed by atoms with Crippen LogP contribution in [0.5, 0.6) is 0 Å². The van der Waals surface area contributed by atoms with Crippen LogP contribution in [0.25, 0.3) is 0 Å². The van der Waals surface area contributed by atoms with E-state index in [4.69, 9.17) is 0 Å². The number of guanidine groups is 1. The topological polar surface area (TPSA) is 52.5 Å². The summed E-state index contributed by atoms with van der Waals surface area (Å²) in [7, 11) is 1.80. The summed E-state index contributed by atoms with van der Waals surface area (Å²) in [6, 6.07) is 15.0. The molecule has 0 amide bonds. The third kappa shape index (κ3) is 7.10. The summed E-state index contributed by atoms with van der Waals surface area (Å²) < 4.78 is 0. The van der Waals surface area contributed by atoms with Gasteiger partial charge in [-0.15, -0.1) is 24.0 Å². The molecule has 1 aromatic heterocycles. The summed E-state index contributed by atoms with van der Waals surface area (Å²) >= 11 is 0. The van der Waals surface area contributed by atoms with E-state index in [-0.39, 0.29) is 24.0 Å². The molecule has 6 heteroatoms. The number of rotatable bonds is 8. The number of nitrogens with zero attached hydrogens (tertiary/aromatic N) is 3. The van der Waals surface area contributed by atoms with Gasteiger partial charge in [0.25, 0.3) is 0 Å². The van der Waals surface area contributed by atoms with Crippen molar-refractivity contribution in [2.75, 3.05) is 26.7 Å². The standard InChI is InChI=1S/C21H31N5.HI/c1-5-26(6-2)20(18-12-8-7-9-13-18)16-25-21(22-4)24-15-19-17(3)11-10-14-23-19;/h7-14,20H,5-6,15-16H2,1-4H3,(H2,22,24,25);1H. The molecular formula is C21H32IN5. The number of aryl methyl sites for hydroxylation is 1. The third-order valence-electron chi connectivity index (χ3n) is 4.67. The molecule has 1 unspecified atom stereocenters. The van der Waals surface area contributed by atoms with E-state index in [9.17, 15) is 0 Å². The van der Waals surface area contributed by atoms with Gasteiger partial charge in [0.1, 0.15) is 0 Å². The van der Waals surface area contributed by atoms with Crippen LogP contribution < -0.4 is 10.6 Å². The zero-order chi connectivity index (χ0) is 18.8. The Bertz CT molecular complexity index is 686. The second kappa shape index (κ2) is 12.7. The van der Waals surface area contributed by atoms with Crippen molar-refractivity contribution in [3.63, 3.8) is 0 Å². The maximum atomic E-state index is 4.43. The zero-order valence-corrected chi connectivity index (χ0v) is 19.1. The normalized spacial score (nSPS) is 12.4. The Balaban J connectivity index is 0.00000364. The van der Waals surface area contributed by atoms with Gasteiger partial charge in [0.15, 0.2) is 5.96 Å². The Morgan fingerprint density at radius 3 is 2.37 bits per heavy atom. The van der Waals surface area contributed by atoms with Crippen LogP contribution >= 0.6 is 24.0 Å². The Hall–Kier alpha value is -1.67. The molecular weight excluding hydrogens is 449 g/mol. The number of aromatic nitrogens is 1. The number of aliphatic imine (C=N–C) groups is 1. The van der Waals surface area contributed by atoms with Gasteiger partial charge in [0.2, 0.25) is 0 Å². The Morgan fingerprint density at radius 1 is 1.07 bits per heavy atom. The minimum absolute atomic E-state index is 0. The summed E-state index contributed by atoms with van der Waals surface area (Å²) in [4.78, 5) is 11.2. The van der Waals surface area contributed by atoms with Crippen molar-refractivity contribution in [1.29, 1.82) is 0 Å². The lowest BCUT2D eigenvalue weighted by molar-refractivity contribution is 0.219. The molecule has 0 aliphatic heterocycles.